The summed E-state index contributed by atoms with van der Waals surface area (Å²) < 4.78 is 56.6. The number of anilines is 2. The summed E-state index contributed by atoms with van der Waals surface area (Å²) >= 11 is 0. The molecular weight excluding hydrogens is 364 g/mol. The molecule has 0 spiro atoms. The van der Waals surface area contributed by atoms with E-state index >= 15 is 0 Å². The Hall–Kier alpha value is -2.26. The van der Waals surface area contributed by atoms with Gasteiger partial charge in [-0.1, -0.05) is 0 Å². The second-order valence-electron chi connectivity index (χ2n) is 5.16. The Kier molecular flexibility index (Phi) is 5.91. The van der Waals surface area contributed by atoms with Gasteiger partial charge in [0.1, 0.15) is 11.5 Å². The van der Waals surface area contributed by atoms with E-state index in [1.54, 1.807) is 62.4 Å². The Bertz CT molecular complexity index is 829. The molecule has 0 amide bonds. The van der Waals surface area contributed by atoms with Crippen LogP contribution in [-0.2, 0) is 20.0 Å². The summed E-state index contributed by atoms with van der Waals surface area (Å²) in [4.78, 5) is 0. The van der Waals surface area contributed by atoms with Gasteiger partial charge in [0.25, 0.3) is 0 Å². The Morgan fingerprint density at radius 2 is 1.00 bits per heavy atom. The summed E-state index contributed by atoms with van der Waals surface area (Å²) in [5.41, 5.74) is 0.914. The lowest BCUT2D eigenvalue weighted by Gasteiger charge is -2.10. The Labute approximate surface area is 148 Å². The second kappa shape index (κ2) is 7.75. The maximum absolute atomic E-state index is 11.5. The second-order valence-corrected chi connectivity index (χ2v) is 9.18. The van der Waals surface area contributed by atoms with Crippen molar-refractivity contribution in [1.82, 2.24) is 0 Å². The summed E-state index contributed by atoms with van der Waals surface area (Å²) in [7, 11) is -6.63. The van der Waals surface area contributed by atoms with Crippen molar-refractivity contribution in [3.8, 4) is 11.5 Å². The van der Waals surface area contributed by atoms with Gasteiger partial charge in [0.15, 0.2) is 0 Å². The monoisotopic (exact) mass is 384 g/mol. The number of nitrogens with one attached hydrogen (secondary N) is 2. The van der Waals surface area contributed by atoms with Gasteiger partial charge in [-0.2, -0.15) is 0 Å². The van der Waals surface area contributed by atoms with Gasteiger partial charge in [-0.25, -0.2) is 16.8 Å². The minimum Gasteiger partial charge on any atom is -0.457 e. The van der Waals surface area contributed by atoms with Crippen LogP contribution in [0.2, 0.25) is 0 Å². The zero-order valence-electron chi connectivity index (χ0n) is 13.9. The molecule has 9 heteroatoms. The summed E-state index contributed by atoms with van der Waals surface area (Å²) in [5.74, 6) is 1.06. The molecule has 0 aliphatic heterocycles. The Morgan fingerprint density at radius 1 is 0.680 bits per heavy atom. The molecule has 0 fully saturated rings. The number of benzene rings is 2. The topological polar surface area (TPSA) is 102 Å². The van der Waals surface area contributed by atoms with Crippen LogP contribution in [0.25, 0.3) is 0 Å². The highest BCUT2D eigenvalue weighted by molar-refractivity contribution is 7.92. The molecule has 2 aromatic carbocycles. The molecule has 0 saturated carbocycles. The first-order chi connectivity index (χ1) is 11.7. The molecule has 2 rings (SSSR count). The van der Waals surface area contributed by atoms with Crippen LogP contribution in [-0.4, -0.2) is 28.3 Å². The van der Waals surface area contributed by atoms with E-state index in [9.17, 15) is 16.8 Å². The maximum Gasteiger partial charge on any atom is 0.232 e. The number of rotatable bonds is 8. The van der Waals surface area contributed by atoms with Crippen LogP contribution >= 0.6 is 0 Å². The number of sulfonamides is 2. The molecule has 0 bridgehead atoms. The molecule has 25 heavy (non-hydrogen) atoms. The highest BCUT2D eigenvalue weighted by Gasteiger charge is 2.08. The van der Waals surface area contributed by atoms with Gasteiger partial charge in [-0.15, -0.1) is 0 Å². The molecule has 0 heterocycles. The number of ether oxygens (including phenoxy) is 1. The first kappa shape index (κ1) is 19.1. The van der Waals surface area contributed by atoms with Gasteiger partial charge >= 0.3 is 0 Å². The standard InChI is InChI=1S/C16H20N2O5S2/c1-3-24(19,20)17-13-5-9-15(10-6-13)23-16-11-7-14(8-12-16)18-25(21,22)4-2/h5-12,17-18H,3-4H2,1-2H3. The van der Waals surface area contributed by atoms with E-state index in [1.807, 2.05) is 0 Å². The quantitative estimate of drug-likeness (QED) is 0.728. The molecule has 0 unspecified atom stereocenters. The Morgan fingerprint density at radius 3 is 1.28 bits per heavy atom. The minimum atomic E-state index is -3.31. The molecule has 0 aliphatic carbocycles. The van der Waals surface area contributed by atoms with Crippen molar-refractivity contribution in [3.63, 3.8) is 0 Å². The van der Waals surface area contributed by atoms with E-state index in [0.29, 0.717) is 22.9 Å². The van der Waals surface area contributed by atoms with Crippen LogP contribution in [0.5, 0.6) is 11.5 Å². The number of hydrogen-bond donors (Lipinski definition) is 2. The molecule has 0 atom stereocenters. The summed E-state index contributed by atoms with van der Waals surface area (Å²) in [6.45, 7) is 3.12. The van der Waals surface area contributed by atoms with Crippen LogP contribution in [0.1, 0.15) is 13.8 Å². The zero-order valence-corrected chi connectivity index (χ0v) is 15.5. The maximum atomic E-state index is 11.5. The molecule has 2 aromatic rings. The molecule has 0 saturated heterocycles. The Balaban J connectivity index is 2.02. The van der Waals surface area contributed by atoms with Gasteiger partial charge in [-0.3, -0.25) is 9.44 Å². The van der Waals surface area contributed by atoms with Crippen molar-refractivity contribution in [2.45, 2.75) is 13.8 Å². The lowest BCUT2D eigenvalue weighted by atomic mass is 10.3. The van der Waals surface area contributed by atoms with E-state index in [0.717, 1.165) is 0 Å². The van der Waals surface area contributed by atoms with Gasteiger partial charge in [0, 0.05) is 11.4 Å². The van der Waals surface area contributed by atoms with Gasteiger partial charge in [0.05, 0.1) is 11.5 Å². The van der Waals surface area contributed by atoms with Gasteiger partial charge < -0.3 is 4.74 Å². The molecule has 136 valence electrons. The highest BCUT2D eigenvalue weighted by Crippen LogP contribution is 2.25. The van der Waals surface area contributed by atoms with Crippen molar-refractivity contribution in [2.75, 3.05) is 20.9 Å². The molecule has 0 radical (unpaired) electrons. The van der Waals surface area contributed by atoms with Crippen molar-refractivity contribution < 1.29 is 21.6 Å². The lowest BCUT2D eigenvalue weighted by Crippen LogP contribution is -2.14. The largest absolute Gasteiger partial charge is 0.457 e. The fourth-order valence-electron chi connectivity index (χ4n) is 1.82. The van der Waals surface area contributed by atoms with E-state index in [2.05, 4.69) is 9.44 Å². The van der Waals surface area contributed by atoms with Crippen LogP contribution in [0.4, 0.5) is 11.4 Å². The molecule has 0 aromatic heterocycles. The minimum absolute atomic E-state index is 0.000608. The predicted octanol–water partition coefficient (Wildman–Crippen LogP) is 3.00. The van der Waals surface area contributed by atoms with Gasteiger partial charge in [-0.05, 0) is 62.4 Å². The van der Waals surface area contributed by atoms with Crippen molar-refractivity contribution in [2.24, 2.45) is 0 Å². The van der Waals surface area contributed by atoms with Crippen LogP contribution in [0, 0.1) is 0 Å². The zero-order chi connectivity index (χ0) is 18.5. The summed E-state index contributed by atoms with van der Waals surface area (Å²) in [6.07, 6.45) is 0. The van der Waals surface area contributed by atoms with Crippen molar-refractivity contribution >= 4 is 31.4 Å². The average Bonchev–Trinajstić information content (AvgIpc) is 2.58. The van der Waals surface area contributed by atoms with E-state index in [1.165, 1.54) is 0 Å². The molecule has 7 nitrogen and oxygen atoms in total. The molecule has 0 aliphatic rings. The van der Waals surface area contributed by atoms with E-state index in [4.69, 9.17) is 4.74 Å². The highest BCUT2D eigenvalue weighted by atomic mass is 32.2. The number of hydrogen-bond acceptors (Lipinski definition) is 5. The van der Waals surface area contributed by atoms with Crippen LogP contribution in [0.15, 0.2) is 48.5 Å². The smallest absolute Gasteiger partial charge is 0.232 e. The fraction of sp³-hybridized carbons (Fsp3) is 0.250. The van der Waals surface area contributed by atoms with Crippen LogP contribution in [0.3, 0.4) is 0 Å². The fourth-order valence-corrected chi connectivity index (χ4v) is 3.10. The third kappa shape index (κ3) is 5.95. The summed E-state index contributed by atoms with van der Waals surface area (Å²) in [5, 5.41) is 0. The lowest BCUT2D eigenvalue weighted by molar-refractivity contribution is 0.483. The molecule has 2 N–H and O–H groups in total. The average molecular weight is 384 g/mol. The first-order valence-corrected chi connectivity index (χ1v) is 10.9. The van der Waals surface area contributed by atoms with Crippen LogP contribution < -0.4 is 14.2 Å². The van der Waals surface area contributed by atoms with E-state index in [-0.39, 0.29) is 11.5 Å². The predicted molar refractivity (Wildman–Crippen MR) is 99.1 cm³/mol. The third-order valence-electron chi connectivity index (χ3n) is 3.25. The normalized spacial score (nSPS) is 11.8. The summed E-state index contributed by atoms with van der Waals surface area (Å²) in [6, 6.07) is 13.0. The first-order valence-electron chi connectivity index (χ1n) is 7.62. The SMILES string of the molecule is CCS(=O)(=O)Nc1ccc(Oc2ccc(NS(=O)(=O)CC)cc2)cc1. The third-order valence-corrected chi connectivity index (χ3v) is 5.86. The molecular formula is C16H20N2O5S2. The van der Waals surface area contributed by atoms with E-state index < -0.39 is 20.0 Å². The van der Waals surface area contributed by atoms with Crippen molar-refractivity contribution in [3.05, 3.63) is 48.5 Å². The van der Waals surface area contributed by atoms with Crippen molar-refractivity contribution in [1.29, 1.82) is 0 Å². The van der Waals surface area contributed by atoms with Gasteiger partial charge in [0.2, 0.25) is 20.0 Å².